The van der Waals surface area contributed by atoms with E-state index in [9.17, 15) is 18.0 Å². The second kappa shape index (κ2) is 8.48. The SMILES string of the molecule is CCOC(=O)c1ccc(S(=O)(=O)N2CCN(C(=O)c3cccc4cn[nH]c34)CC2)cc1. The summed E-state index contributed by atoms with van der Waals surface area (Å²) >= 11 is 0. The zero-order valence-corrected chi connectivity index (χ0v) is 17.8. The molecular formula is C21H22N4O5S. The van der Waals surface area contributed by atoms with Crippen LogP contribution in [0.4, 0.5) is 0 Å². The minimum atomic E-state index is -3.73. The standard InChI is InChI=1S/C21H22N4O5S/c1-2-30-21(27)15-6-8-17(9-7-15)31(28,29)25-12-10-24(11-13-25)20(26)18-5-3-4-16-14-22-23-19(16)18/h3-9,14H,2,10-13H2,1H3,(H,22,23). The third-order valence-electron chi connectivity index (χ3n) is 5.24. The van der Waals surface area contributed by atoms with Gasteiger partial charge in [0.05, 0.1) is 34.3 Å². The van der Waals surface area contributed by atoms with Crippen LogP contribution in [-0.2, 0) is 14.8 Å². The van der Waals surface area contributed by atoms with Crippen LogP contribution in [0.25, 0.3) is 10.9 Å². The first kappa shape index (κ1) is 21.0. The molecule has 0 spiro atoms. The molecule has 162 valence electrons. The third kappa shape index (κ3) is 4.04. The molecule has 1 aliphatic rings. The Bertz CT molecular complexity index is 1210. The lowest BCUT2D eigenvalue weighted by Gasteiger charge is -2.34. The van der Waals surface area contributed by atoms with Crippen LogP contribution in [0.2, 0.25) is 0 Å². The third-order valence-corrected chi connectivity index (χ3v) is 7.15. The molecule has 0 saturated carbocycles. The predicted molar refractivity (Wildman–Crippen MR) is 113 cm³/mol. The number of benzene rings is 2. The number of ether oxygens (including phenoxy) is 1. The number of hydrogen-bond donors (Lipinski definition) is 1. The fourth-order valence-corrected chi connectivity index (χ4v) is 5.00. The van der Waals surface area contributed by atoms with Crippen molar-refractivity contribution in [3.63, 3.8) is 0 Å². The van der Waals surface area contributed by atoms with Crippen LogP contribution in [-0.4, -0.2) is 72.5 Å². The van der Waals surface area contributed by atoms with Gasteiger partial charge in [0.15, 0.2) is 0 Å². The van der Waals surface area contributed by atoms with Crippen molar-refractivity contribution < 1.29 is 22.7 Å². The van der Waals surface area contributed by atoms with Crippen molar-refractivity contribution >= 4 is 32.8 Å². The summed E-state index contributed by atoms with van der Waals surface area (Å²) in [7, 11) is -3.73. The Morgan fingerprint density at radius 1 is 1.06 bits per heavy atom. The highest BCUT2D eigenvalue weighted by atomic mass is 32.2. The Hall–Kier alpha value is -3.24. The van der Waals surface area contributed by atoms with E-state index in [0.29, 0.717) is 16.6 Å². The molecule has 1 aromatic heterocycles. The number of para-hydroxylation sites is 1. The van der Waals surface area contributed by atoms with Crippen LogP contribution < -0.4 is 0 Å². The molecule has 0 unspecified atom stereocenters. The van der Waals surface area contributed by atoms with E-state index in [1.807, 2.05) is 6.07 Å². The van der Waals surface area contributed by atoms with E-state index < -0.39 is 16.0 Å². The molecule has 2 aromatic carbocycles. The molecule has 9 nitrogen and oxygen atoms in total. The number of H-pyrrole nitrogens is 1. The van der Waals surface area contributed by atoms with E-state index in [-0.39, 0.29) is 43.6 Å². The Balaban J connectivity index is 1.45. The second-order valence-electron chi connectivity index (χ2n) is 7.08. The van der Waals surface area contributed by atoms with Gasteiger partial charge < -0.3 is 9.64 Å². The Morgan fingerprint density at radius 3 is 2.45 bits per heavy atom. The molecule has 1 aliphatic heterocycles. The molecule has 1 fully saturated rings. The zero-order chi connectivity index (χ0) is 22.0. The average molecular weight is 442 g/mol. The highest BCUT2D eigenvalue weighted by Gasteiger charge is 2.31. The van der Waals surface area contributed by atoms with Crippen molar-refractivity contribution in [2.45, 2.75) is 11.8 Å². The summed E-state index contributed by atoms with van der Waals surface area (Å²) in [5.74, 6) is -0.656. The molecule has 1 saturated heterocycles. The van der Waals surface area contributed by atoms with Crippen molar-refractivity contribution in [3.8, 4) is 0 Å². The number of fused-ring (bicyclic) bond motifs is 1. The van der Waals surface area contributed by atoms with Gasteiger partial charge in [0.25, 0.3) is 5.91 Å². The molecule has 31 heavy (non-hydrogen) atoms. The zero-order valence-electron chi connectivity index (χ0n) is 16.9. The van der Waals surface area contributed by atoms with Gasteiger partial charge in [-0.25, -0.2) is 13.2 Å². The van der Waals surface area contributed by atoms with Crippen LogP contribution in [0.3, 0.4) is 0 Å². The van der Waals surface area contributed by atoms with Crippen LogP contribution in [0.5, 0.6) is 0 Å². The number of amides is 1. The quantitative estimate of drug-likeness (QED) is 0.604. The average Bonchev–Trinajstić information content (AvgIpc) is 3.28. The number of piperazine rings is 1. The highest BCUT2D eigenvalue weighted by Crippen LogP contribution is 2.21. The number of rotatable bonds is 5. The van der Waals surface area contributed by atoms with Crippen molar-refractivity contribution in [1.82, 2.24) is 19.4 Å². The van der Waals surface area contributed by atoms with E-state index in [1.54, 1.807) is 30.2 Å². The van der Waals surface area contributed by atoms with E-state index >= 15 is 0 Å². The minimum absolute atomic E-state index is 0.0996. The van der Waals surface area contributed by atoms with E-state index in [0.717, 1.165) is 5.39 Å². The molecule has 3 aromatic rings. The largest absolute Gasteiger partial charge is 0.462 e. The fourth-order valence-electron chi connectivity index (χ4n) is 3.58. The van der Waals surface area contributed by atoms with Crippen LogP contribution in [0.1, 0.15) is 27.6 Å². The van der Waals surface area contributed by atoms with Gasteiger partial charge in [-0.2, -0.15) is 9.40 Å². The molecule has 4 rings (SSSR count). The van der Waals surface area contributed by atoms with E-state index in [4.69, 9.17) is 4.74 Å². The van der Waals surface area contributed by atoms with E-state index in [1.165, 1.54) is 28.6 Å². The topological polar surface area (TPSA) is 113 Å². The maximum atomic E-state index is 13.0. The van der Waals surface area contributed by atoms with Gasteiger partial charge in [-0.3, -0.25) is 9.89 Å². The first-order valence-electron chi connectivity index (χ1n) is 9.90. The lowest BCUT2D eigenvalue weighted by atomic mass is 10.1. The maximum Gasteiger partial charge on any atom is 0.338 e. The number of hydrogen-bond acceptors (Lipinski definition) is 6. The first-order chi connectivity index (χ1) is 14.9. The number of carbonyl (C=O) groups is 2. The minimum Gasteiger partial charge on any atom is -0.462 e. The molecule has 0 atom stereocenters. The van der Waals surface area contributed by atoms with Gasteiger partial charge in [-0.15, -0.1) is 0 Å². The molecule has 0 bridgehead atoms. The van der Waals surface area contributed by atoms with Crippen molar-refractivity contribution in [2.75, 3.05) is 32.8 Å². The summed E-state index contributed by atoms with van der Waals surface area (Å²) in [4.78, 5) is 26.5. The van der Waals surface area contributed by atoms with E-state index in [2.05, 4.69) is 10.2 Å². The number of sulfonamides is 1. The molecule has 10 heteroatoms. The molecule has 1 amide bonds. The van der Waals surface area contributed by atoms with Crippen molar-refractivity contribution in [3.05, 3.63) is 59.8 Å². The van der Waals surface area contributed by atoms with Crippen LogP contribution in [0, 0.1) is 0 Å². The summed E-state index contributed by atoms with van der Waals surface area (Å²) < 4.78 is 32.2. The van der Waals surface area contributed by atoms with Crippen LogP contribution in [0.15, 0.2) is 53.6 Å². The lowest BCUT2D eigenvalue weighted by molar-refractivity contribution is 0.0526. The normalized spacial score (nSPS) is 15.2. The van der Waals surface area contributed by atoms with Gasteiger partial charge in [0.1, 0.15) is 0 Å². The maximum absolute atomic E-state index is 13.0. The number of aromatic nitrogens is 2. The predicted octanol–water partition coefficient (Wildman–Crippen LogP) is 1.89. The number of aromatic amines is 1. The number of esters is 1. The van der Waals surface area contributed by atoms with Gasteiger partial charge in [-0.05, 0) is 37.3 Å². The summed E-state index contributed by atoms with van der Waals surface area (Å²) in [6.45, 7) is 2.89. The molecule has 0 aliphatic carbocycles. The Labute approximate surface area is 179 Å². The smallest absolute Gasteiger partial charge is 0.338 e. The number of nitrogens with zero attached hydrogens (tertiary/aromatic N) is 3. The summed E-state index contributed by atoms with van der Waals surface area (Å²) in [6, 6.07) is 11.1. The molecule has 2 heterocycles. The summed E-state index contributed by atoms with van der Waals surface area (Å²) in [5.41, 5.74) is 1.48. The molecule has 0 radical (unpaired) electrons. The van der Waals surface area contributed by atoms with Gasteiger partial charge in [-0.1, -0.05) is 12.1 Å². The highest BCUT2D eigenvalue weighted by molar-refractivity contribution is 7.89. The Kier molecular flexibility index (Phi) is 5.75. The van der Waals surface area contributed by atoms with Gasteiger partial charge >= 0.3 is 5.97 Å². The second-order valence-corrected chi connectivity index (χ2v) is 9.02. The fraction of sp³-hybridized carbons (Fsp3) is 0.286. The first-order valence-corrected chi connectivity index (χ1v) is 11.3. The van der Waals surface area contributed by atoms with Crippen LogP contribution >= 0.6 is 0 Å². The molecule has 1 N–H and O–H groups in total. The molecular weight excluding hydrogens is 420 g/mol. The number of nitrogens with one attached hydrogen (secondary N) is 1. The summed E-state index contributed by atoms with van der Waals surface area (Å²) in [5, 5.41) is 7.67. The number of carbonyl (C=O) groups excluding carboxylic acids is 2. The van der Waals surface area contributed by atoms with Gasteiger partial charge in [0, 0.05) is 31.6 Å². The monoisotopic (exact) mass is 442 g/mol. The van der Waals surface area contributed by atoms with Crippen molar-refractivity contribution in [2.24, 2.45) is 0 Å². The Morgan fingerprint density at radius 2 is 1.77 bits per heavy atom. The van der Waals surface area contributed by atoms with Crippen molar-refractivity contribution in [1.29, 1.82) is 0 Å². The summed E-state index contributed by atoms with van der Waals surface area (Å²) in [6.07, 6.45) is 1.66. The lowest BCUT2D eigenvalue weighted by Crippen LogP contribution is -2.50. The van der Waals surface area contributed by atoms with Gasteiger partial charge in [0.2, 0.25) is 10.0 Å².